The Morgan fingerprint density at radius 2 is 1.73 bits per heavy atom. The number of urea groups is 1. The molecular weight excluding hydrogens is 578 g/mol. The number of ether oxygens (including phenoxy) is 2. The first kappa shape index (κ1) is 32.9. The molecule has 4 rings (SSSR count). The average molecular weight is 618 g/mol. The van der Waals surface area contributed by atoms with Crippen LogP contribution in [0, 0.1) is 12.8 Å². The largest absolute Gasteiger partial charge is 0.495 e. The number of likely N-dealkylation sites (N-methyl/N-ethyl adjacent to an activating group) is 1. The Hall–Kier alpha value is -4.97. The number of benzene rings is 2. The molecule has 2 heterocycles. The SMILES string of the molecule is COc1cc(CC(=O)N(C)c2ccc(C(CC(=O)O)N(C)C(=O)C3CCOCC3)cn2)ccc1NC(=O)Nc1ccccc1C. The number of nitrogens with zero attached hydrogens (tertiary/aromatic N) is 3. The van der Waals surface area contributed by atoms with E-state index in [9.17, 15) is 24.3 Å². The molecule has 3 aromatic rings. The van der Waals surface area contributed by atoms with Crippen LogP contribution >= 0.6 is 0 Å². The third-order valence-electron chi connectivity index (χ3n) is 7.89. The molecule has 1 aliphatic rings. The Kier molecular flexibility index (Phi) is 11.1. The quantitative estimate of drug-likeness (QED) is 0.281. The van der Waals surface area contributed by atoms with Crippen LogP contribution in [0.5, 0.6) is 5.75 Å². The van der Waals surface area contributed by atoms with Gasteiger partial charge in [-0.15, -0.1) is 0 Å². The molecule has 0 bridgehead atoms. The molecule has 1 aliphatic heterocycles. The highest BCUT2D eigenvalue weighted by molar-refractivity contribution is 6.01. The third kappa shape index (κ3) is 8.57. The van der Waals surface area contributed by atoms with Crippen LogP contribution in [0.1, 0.15) is 42.0 Å². The van der Waals surface area contributed by atoms with Crippen LogP contribution in [-0.4, -0.2) is 73.2 Å². The fraction of sp³-hybridized carbons (Fsp3) is 0.364. The highest BCUT2D eigenvalue weighted by atomic mass is 16.5. The Labute approximate surface area is 262 Å². The second-order valence-corrected chi connectivity index (χ2v) is 11.0. The van der Waals surface area contributed by atoms with Crippen molar-refractivity contribution in [3.8, 4) is 5.75 Å². The number of para-hydroxylation sites is 1. The van der Waals surface area contributed by atoms with Gasteiger partial charge < -0.3 is 30.1 Å². The molecule has 1 aromatic heterocycles. The fourth-order valence-electron chi connectivity index (χ4n) is 5.18. The molecule has 0 saturated carbocycles. The van der Waals surface area contributed by atoms with Crippen LogP contribution < -0.4 is 20.3 Å². The van der Waals surface area contributed by atoms with Crippen molar-refractivity contribution in [2.75, 3.05) is 50.0 Å². The van der Waals surface area contributed by atoms with Crippen molar-refractivity contribution in [2.24, 2.45) is 5.92 Å². The van der Waals surface area contributed by atoms with Gasteiger partial charge in [0, 0.05) is 45.1 Å². The van der Waals surface area contributed by atoms with E-state index in [-0.39, 0.29) is 30.6 Å². The van der Waals surface area contributed by atoms with Gasteiger partial charge in [-0.25, -0.2) is 9.78 Å². The predicted molar refractivity (Wildman–Crippen MR) is 169 cm³/mol. The van der Waals surface area contributed by atoms with Crippen LogP contribution in [0.15, 0.2) is 60.8 Å². The van der Waals surface area contributed by atoms with Crippen molar-refractivity contribution in [3.63, 3.8) is 0 Å². The van der Waals surface area contributed by atoms with Crippen LogP contribution in [0.3, 0.4) is 0 Å². The molecule has 1 unspecified atom stereocenters. The average Bonchev–Trinajstić information content (AvgIpc) is 3.04. The topological polar surface area (TPSA) is 150 Å². The van der Waals surface area contributed by atoms with Crippen LogP contribution in [0.2, 0.25) is 0 Å². The lowest BCUT2D eigenvalue weighted by Crippen LogP contribution is -2.39. The maximum absolute atomic E-state index is 13.2. The number of hydrogen-bond acceptors (Lipinski definition) is 7. The number of amides is 4. The number of nitrogens with one attached hydrogen (secondary N) is 2. The summed E-state index contributed by atoms with van der Waals surface area (Å²) in [4.78, 5) is 57.8. The number of carboxylic acid groups (broad SMARTS) is 1. The number of aliphatic carboxylic acids is 1. The summed E-state index contributed by atoms with van der Waals surface area (Å²) in [5.74, 6) is -0.848. The molecule has 2 aromatic carbocycles. The van der Waals surface area contributed by atoms with E-state index in [1.54, 1.807) is 44.4 Å². The second kappa shape index (κ2) is 15.2. The summed E-state index contributed by atoms with van der Waals surface area (Å²) in [5.41, 5.74) is 3.29. The van der Waals surface area contributed by atoms with Crippen molar-refractivity contribution in [2.45, 2.75) is 38.6 Å². The molecule has 3 N–H and O–H groups in total. The van der Waals surface area contributed by atoms with E-state index in [1.807, 2.05) is 31.2 Å². The smallest absolute Gasteiger partial charge is 0.323 e. The van der Waals surface area contributed by atoms with Crippen LogP contribution in [-0.2, 0) is 25.5 Å². The molecule has 4 amide bonds. The molecule has 0 spiro atoms. The molecule has 12 nitrogen and oxygen atoms in total. The summed E-state index contributed by atoms with van der Waals surface area (Å²) in [7, 11) is 4.69. The number of pyridine rings is 1. The lowest BCUT2D eigenvalue weighted by molar-refractivity contribution is -0.143. The number of hydrogen-bond donors (Lipinski definition) is 3. The lowest BCUT2D eigenvalue weighted by atomic mass is 9.96. The van der Waals surface area contributed by atoms with Crippen molar-refractivity contribution in [3.05, 3.63) is 77.5 Å². The first-order chi connectivity index (χ1) is 21.6. The van der Waals surface area contributed by atoms with Crippen molar-refractivity contribution in [1.82, 2.24) is 9.88 Å². The number of methoxy groups -OCH3 is 1. The maximum atomic E-state index is 13.2. The first-order valence-electron chi connectivity index (χ1n) is 14.7. The van der Waals surface area contributed by atoms with Gasteiger partial charge in [-0.2, -0.15) is 0 Å². The normalized spacial score (nSPS) is 13.8. The summed E-state index contributed by atoms with van der Waals surface area (Å²) < 4.78 is 10.8. The predicted octanol–water partition coefficient (Wildman–Crippen LogP) is 4.65. The van der Waals surface area contributed by atoms with E-state index in [0.29, 0.717) is 60.1 Å². The molecule has 12 heteroatoms. The Morgan fingerprint density at radius 3 is 2.38 bits per heavy atom. The molecule has 238 valence electrons. The van der Waals surface area contributed by atoms with Gasteiger partial charge in [0.15, 0.2) is 0 Å². The minimum Gasteiger partial charge on any atom is -0.495 e. The number of carboxylic acids is 1. The molecule has 0 radical (unpaired) electrons. The number of anilines is 3. The van der Waals surface area contributed by atoms with Crippen molar-refractivity contribution in [1.29, 1.82) is 0 Å². The molecule has 0 aliphatic carbocycles. The van der Waals surface area contributed by atoms with E-state index in [1.165, 1.54) is 23.1 Å². The van der Waals surface area contributed by atoms with Crippen molar-refractivity contribution >= 4 is 41.0 Å². The molecule has 45 heavy (non-hydrogen) atoms. The summed E-state index contributed by atoms with van der Waals surface area (Å²) in [5, 5.41) is 15.1. The van der Waals surface area contributed by atoms with Crippen LogP contribution in [0.25, 0.3) is 0 Å². The zero-order valence-electron chi connectivity index (χ0n) is 25.9. The van der Waals surface area contributed by atoms with E-state index in [2.05, 4.69) is 15.6 Å². The standard InChI is InChI=1S/C33H39N5O7/c1-21-7-5-6-8-25(21)35-33(43)36-26-11-9-22(17-28(26)44-4)18-30(39)38(3)29-12-10-24(20-34-29)27(19-31(40)41)37(2)32(42)23-13-15-45-16-14-23/h5-12,17,20,23,27H,13-16,18-19H2,1-4H3,(H,40,41)(H2,35,36,43). The molecule has 1 saturated heterocycles. The van der Waals surface area contributed by atoms with Crippen molar-refractivity contribution < 1.29 is 33.8 Å². The van der Waals surface area contributed by atoms with E-state index in [4.69, 9.17) is 9.47 Å². The number of rotatable bonds is 11. The number of aromatic nitrogens is 1. The highest BCUT2D eigenvalue weighted by Crippen LogP contribution is 2.29. The van der Waals surface area contributed by atoms with Gasteiger partial charge in [0.05, 0.1) is 31.7 Å². The van der Waals surface area contributed by atoms with E-state index in [0.717, 1.165) is 5.56 Å². The van der Waals surface area contributed by atoms with Crippen LogP contribution in [0.4, 0.5) is 22.0 Å². The number of carbonyl (C=O) groups excluding carboxylic acids is 3. The number of carbonyl (C=O) groups is 4. The second-order valence-electron chi connectivity index (χ2n) is 11.0. The van der Waals surface area contributed by atoms with Gasteiger partial charge in [-0.1, -0.05) is 30.3 Å². The highest BCUT2D eigenvalue weighted by Gasteiger charge is 2.31. The Morgan fingerprint density at radius 1 is 1.02 bits per heavy atom. The minimum absolute atomic E-state index is 0.0377. The minimum atomic E-state index is -1.04. The third-order valence-corrected chi connectivity index (χ3v) is 7.89. The summed E-state index contributed by atoms with van der Waals surface area (Å²) in [6, 6.07) is 14.7. The van der Waals surface area contributed by atoms with Gasteiger partial charge in [-0.05, 0) is 60.7 Å². The van der Waals surface area contributed by atoms with Gasteiger partial charge in [-0.3, -0.25) is 19.3 Å². The van der Waals surface area contributed by atoms with Gasteiger partial charge in [0.1, 0.15) is 11.6 Å². The van der Waals surface area contributed by atoms with E-state index < -0.39 is 18.0 Å². The van der Waals surface area contributed by atoms with Gasteiger partial charge >= 0.3 is 12.0 Å². The first-order valence-corrected chi connectivity index (χ1v) is 14.7. The maximum Gasteiger partial charge on any atom is 0.323 e. The number of aryl methyl sites for hydroxylation is 1. The zero-order chi connectivity index (χ0) is 32.5. The summed E-state index contributed by atoms with van der Waals surface area (Å²) >= 11 is 0. The summed E-state index contributed by atoms with van der Waals surface area (Å²) in [6.45, 7) is 2.91. The molecule has 1 atom stereocenters. The zero-order valence-corrected chi connectivity index (χ0v) is 25.9. The molecular formula is C33H39N5O7. The summed E-state index contributed by atoms with van der Waals surface area (Å²) in [6.07, 6.45) is 2.46. The Bertz CT molecular complexity index is 1520. The van der Waals surface area contributed by atoms with Gasteiger partial charge in [0.25, 0.3) is 0 Å². The Balaban J connectivity index is 1.41. The van der Waals surface area contributed by atoms with Gasteiger partial charge in [0.2, 0.25) is 11.8 Å². The van der Waals surface area contributed by atoms with E-state index >= 15 is 0 Å². The lowest BCUT2D eigenvalue weighted by Gasteiger charge is -2.32. The monoisotopic (exact) mass is 617 g/mol. The molecule has 1 fully saturated rings. The fourth-order valence-corrected chi connectivity index (χ4v) is 5.18.